The fourth-order valence-electron chi connectivity index (χ4n) is 3.40. The van der Waals surface area contributed by atoms with Crippen molar-refractivity contribution >= 4 is 32.7 Å². The molecule has 4 rings (SSSR count). The third-order valence-electron chi connectivity index (χ3n) is 5.02. The van der Waals surface area contributed by atoms with Crippen molar-refractivity contribution in [3.05, 3.63) is 36.7 Å². The Morgan fingerprint density at radius 2 is 2.07 bits per heavy atom. The van der Waals surface area contributed by atoms with E-state index < -0.39 is 0 Å². The average Bonchev–Trinajstić information content (AvgIpc) is 3.16. The zero-order chi connectivity index (χ0) is 19.5. The van der Waals surface area contributed by atoms with E-state index in [2.05, 4.69) is 29.0 Å². The minimum Gasteiger partial charge on any atom is -0.356 e. The van der Waals surface area contributed by atoms with Gasteiger partial charge in [0.25, 0.3) is 0 Å². The highest BCUT2D eigenvalue weighted by atomic mass is 32.1. The molecule has 0 aromatic carbocycles. The summed E-state index contributed by atoms with van der Waals surface area (Å²) in [5.41, 5.74) is 2.84. The van der Waals surface area contributed by atoms with Gasteiger partial charge in [0.05, 0.1) is 5.69 Å². The molecule has 0 unspecified atom stereocenters. The number of aromatic nitrogens is 3. The Balaban J connectivity index is 1.43. The molecule has 146 valence electrons. The van der Waals surface area contributed by atoms with Crippen molar-refractivity contribution in [3.8, 4) is 11.3 Å². The molecule has 1 N–H and O–H groups in total. The summed E-state index contributed by atoms with van der Waals surface area (Å²) >= 11 is 1.62. The molecule has 0 spiro atoms. The van der Waals surface area contributed by atoms with Crippen molar-refractivity contribution in [1.29, 1.82) is 0 Å². The highest BCUT2D eigenvalue weighted by Gasteiger charge is 2.26. The van der Waals surface area contributed by atoms with Gasteiger partial charge in [0, 0.05) is 43.5 Å². The van der Waals surface area contributed by atoms with Gasteiger partial charge in [-0.3, -0.25) is 9.78 Å². The smallest absolute Gasteiger partial charge is 0.223 e. The van der Waals surface area contributed by atoms with Crippen molar-refractivity contribution in [2.45, 2.75) is 26.7 Å². The lowest BCUT2D eigenvalue weighted by atomic mass is 9.96. The van der Waals surface area contributed by atoms with Crippen LogP contribution in [0.3, 0.4) is 0 Å². The zero-order valence-electron chi connectivity index (χ0n) is 16.3. The lowest BCUT2D eigenvalue weighted by Gasteiger charge is -2.31. The van der Waals surface area contributed by atoms with Crippen molar-refractivity contribution < 1.29 is 4.79 Å². The summed E-state index contributed by atoms with van der Waals surface area (Å²) in [5.74, 6) is 0.788. The summed E-state index contributed by atoms with van der Waals surface area (Å²) in [7, 11) is 0. The van der Waals surface area contributed by atoms with Crippen LogP contribution in [0.4, 0.5) is 5.13 Å². The zero-order valence-corrected chi connectivity index (χ0v) is 17.1. The first-order valence-electron chi connectivity index (χ1n) is 9.81. The maximum absolute atomic E-state index is 12.3. The molecule has 3 aromatic rings. The van der Waals surface area contributed by atoms with Gasteiger partial charge in [0.2, 0.25) is 5.91 Å². The van der Waals surface area contributed by atoms with Gasteiger partial charge < -0.3 is 10.2 Å². The van der Waals surface area contributed by atoms with E-state index in [1.54, 1.807) is 17.5 Å². The van der Waals surface area contributed by atoms with Crippen LogP contribution in [0.1, 0.15) is 26.7 Å². The van der Waals surface area contributed by atoms with Crippen LogP contribution in [0.2, 0.25) is 0 Å². The first kappa shape index (κ1) is 18.8. The number of piperidine rings is 1. The van der Waals surface area contributed by atoms with E-state index in [0.29, 0.717) is 5.92 Å². The number of amides is 1. The van der Waals surface area contributed by atoms with Crippen molar-refractivity contribution in [1.82, 2.24) is 20.3 Å². The number of hydrogen-bond donors (Lipinski definition) is 1. The molecular formula is C21H25N5OS. The van der Waals surface area contributed by atoms with Crippen molar-refractivity contribution in [2.24, 2.45) is 11.8 Å². The molecule has 1 saturated heterocycles. The quantitative estimate of drug-likeness (QED) is 0.713. The van der Waals surface area contributed by atoms with Crippen LogP contribution in [0.15, 0.2) is 36.7 Å². The molecule has 6 nitrogen and oxygen atoms in total. The number of anilines is 1. The molecule has 7 heteroatoms. The van der Waals surface area contributed by atoms with Gasteiger partial charge >= 0.3 is 0 Å². The van der Waals surface area contributed by atoms with E-state index in [-0.39, 0.29) is 11.8 Å². The molecule has 1 amide bonds. The monoisotopic (exact) mass is 395 g/mol. The predicted octanol–water partition coefficient (Wildman–Crippen LogP) is 3.74. The van der Waals surface area contributed by atoms with Crippen LogP contribution >= 0.6 is 11.3 Å². The molecule has 0 atom stereocenters. The first-order chi connectivity index (χ1) is 13.6. The van der Waals surface area contributed by atoms with E-state index in [9.17, 15) is 4.79 Å². The van der Waals surface area contributed by atoms with E-state index in [4.69, 9.17) is 9.97 Å². The fraction of sp³-hybridized carbons (Fsp3) is 0.429. The Labute approximate surface area is 169 Å². The summed E-state index contributed by atoms with van der Waals surface area (Å²) in [5, 5.41) is 4.06. The third-order valence-corrected chi connectivity index (χ3v) is 6.05. The van der Waals surface area contributed by atoms with Crippen LogP contribution in [-0.2, 0) is 4.79 Å². The molecule has 1 fully saturated rings. The van der Waals surface area contributed by atoms with Gasteiger partial charge in [-0.1, -0.05) is 25.2 Å². The van der Waals surface area contributed by atoms with Gasteiger partial charge in [-0.05, 0) is 43.0 Å². The van der Waals surface area contributed by atoms with Crippen LogP contribution < -0.4 is 10.2 Å². The maximum Gasteiger partial charge on any atom is 0.223 e. The number of rotatable bonds is 5. The number of carbonyl (C=O) groups is 1. The van der Waals surface area contributed by atoms with Crippen LogP contribution in [-0.4, -0.2) is 40.5 Å². The largest absolute Gasteiger partial charge is 0.356 e. The number of carbonyl (C=O) groups excluding carboxylic acids is 1. The normalized spacial score (nSPS) is 15.3. The maximum atomic E-state index is 12.3. The highest BCUT2D eigenvalue weighted by molar-refractivity contribution is 7.21. The van der Waals surface area contributed by atoms with Gasteiger partial charge in [0.1, 0.15) is 10.3 Å². The Bertz CT molecular complexity index is 948. The van der Waals surface area contributed by atoms with E-state index in [0.717, 1.165) is 59.2 Å². The molecule has 0 radical (unpaired) electrons. The summed E-state index contributed by atoms with van der Waals surface area (Å²) in [6.45, 7) is 6.69. The third kappa shape index (κ3) is 4.14. The van der Waals surface area contributed by atoms with Crippen LogP contribution in [0, 0.1) is 11.8 Å². The number of fused-ring (bicyclic) bond motifs is 1. The lowest BCUT2D eigenvalue weighted by molar-refractivity contribution is -0.125. The second-order valence-electron chi connectivity index (χ2n) is 7.66. The standard InChI is InChI=1S/C21H25N5OS/c1-14(2)12-23-19(27)15-7-10-26(11-8-15)21-25-18-6-5-17(24-20(18)28-21)16-4-3-9-22-13-16/h3-6,9,13-15H,7-8,10-12H2,1-2H3,(H,23,27). The van der Waals surface area contributed by atoms with Crippen LogP contribution in [0.5, 0.6) is 0 Å². The molecule has 28 heavy (non-hydrogen) atoms. The minimum atomic E-state index is 0.111. The van der Waals surface area contributed by atoms with Crippen LogP contribution in [0.25, 0.3) is 21.6 Å². The predicted molar refractivity (Wildman–Crippen MR) is 113 cm³/mol. The second-order valence-corrected chi connectivity index (χ2v) is 8.62. The van der Waals surface area contributed by atoms with Crippen molar-refractivity contribution in [3.63, 3.8) is 0 Å². The number of nitrogens with one attached hydrogen (secondary N) is 1. The van der Waals surface area contributed by atoms with Gasteiger partial charge in [0.15, 0.2) is 5.13 Å². The molecule has 0 bridgehead atoms. The Morgan fingerprint density at radius 1 is 1.25 bits per heavy atom. The van der Waals surface area contributed by atoms with Crippen molar-refractivity contribution in [2.75, 3.05) is 24.5 Å². The SMILES string of the molecule is CC(C)CNC(=O)C1CCN(c2nc3ccc(-c4cccnc4)nc3s2)CC1. The molecular weight excluding hydrogens is 370 g/mol. The topological polar surface area (TPSA) is 71.0 Å². The molecule has 1 aliphatic rings. The Hall–Kier alpha value is -2.54. The summed E-state index contributed by atoms with van der Waals surface area (Å²) in [4.78, 5) is 29.2. The van der Waals surface area contributed by atoms with E-state index in [1.807, 2.05) is 30.5 Å². The second kappa shape index (κ2) is 8.22. The number of nitrogens with zero attached hydrogens (tertiary/aromatic N) is 4. The summed E-state index contributed by atoms with van der Waals surface area (Å²) < 4.78 is 0. The van der Waals surface area contributed by atoms with Gasteiger partial charge in [-0.25, -0.2) is 9.97 Å². The highest BCUT2D eigenvalue weighted by Crippen LogP contribution is 2.32. The van der Waals surface area contributed by atoms with E-state index >= 15 is 0 Å². The molecule has 3 aromatic heterocycles. The lowest BCUT2D eigenvalue weighted by Crippen LogP contribution is -2.41. The Morgan fingerprint density at radius 3 is 2.79 bits per heavy atom. The van der Waals surface area contributed by atoms with E-state index in [1.165, 1.54) is 0 Å². The Kier molecular flexibility index (Phi) is 5.52. The summed E-state index contributed by atoms with van der Waals surface area (Å²) in [6.07, 6.45) is 5.33. The first-order valence-corrected chi connectivity index (χ1v) is 10.6. The fourth-order valence-corrected chi connectivity index (χ4v) is 4.39. The summed E-state index contributed by atoms with van der Waals surface area (Å²) in [6, 6.07) is 7.95. The molecule has 4 heterocycles. The molecule has 1 aliphatic heterocycles. The molecule has 0 aliphatic carbocycles. The number of thiazole rings is 1. The number of hydrogen-bond acceptors (Lipinski definition) is 6. The molecule has 0 saturated carbocycles. The average molecular weight is 396 g/mol. The minimum absolute atomic E-state index is 0.111. The number of pyridine rings is 2. The van der Waals surface area contributed by atoms with Gasteiger partial charge in [-0.15, -0.1) is 0 Å². The van der Waals surface area contributed by atoms with Gasteiger partial charge in [-0.2, -0.15) is 0 Å².